The summed E-state index contributed by atoms with van der Waals surface area (Å²) in [7, 11) is 2.76. The Bertz CT molecular complexity index is 259. The van der Waals surface area contributed by atoms with Crippen molar-refractivity contribution in [3.63, 3.8) is 0 Å². The van der Waals surface area contributed by atoms with Gasteiger partial charge in [-0.3, -0.25) is 9.59 Å². The second-order valence-corrected chi connectivity index (χ2v) is 4.67. The molecule has 4 nitrogen and oxygen atoms in total. The van der Waals surface area contributed by atoms with Crippen LogP contribution in [0.4, 0.5) is 0 Å². The van der Waals surface area contributed by atoms with Crippen molar-refractivity contribution in [1.29, 1.82) is 0 Å². The highest BCUT2D eigenvalue weighted by atomic mass is 16.5. The fourth-order valence-corrected chi connectivity index (χ4v) is 3.06. The zero-order valence-corrected chi connectivity index (χ0v) is 11.1. The smallest absolute Gasteiger partial charge is 0.309 e. The minimum absolute atomic E-state index is 0.233. The minimum Gasteiger partial charge on any atom is -0.469 e. The lowest BCUT2D eigenvalue weighted by Crippen LogP contribution is -2.33. The highest BCUT2D eigenvalue weighted by Crippen LogP contribution is 2.45. The van der Waals surface area contributed by atoms with Crippen LogP contribution >= 0.6 is 0 Å². The summed E-state index contributed by atoms with van der Waals surface area (Å²) in [5, 5.41) is 0. The quantitative estimate of drug-likeness (QED) is 0.708. The predicted molar refractivity (Wildman–Crippen MR) is 63.2 cm³/mol. The normalized spacial score (nSPS) is 32.2. The fourth-order valence-electron chi connectivity index (χ4n) is 3.06. The van der Waals surface area contributed by atoms with Gasteiger partial charge >= 0.3 is 11.9 Å². The van der Waals surface area contributed by atoms with Crippen molar-refractivity contribution in [1.82, 2.24) is 0 Å². The van der Waals surface area contributed by atoms with Crippen LogP contribution in [-0.4, -0.2) is 26.2 Å². The Balaban J connectivity index is 2.99. The summed E-state index contributed by atoms with van der Waals surface area (Å²) in [5.74, 6) is -0.746. The van der Waals surface area contributed by atoms with Gasteiger partial charge in [0, 0.05) is 0 Å². The SMILES string of the molecule is CCC1CC(CC)[C@@H](C(=O)OC)[C@@H]1C(=O)OC. The van der Waals surface area contributed by atoms with Crippen molar-refractivity contribution in [3.05, 3.63) is 0 Å². The molecular formula is C13H22O4. The van der Waals surface area contributed by atoms with Crippen LogP contribution in [0.5, 0.6) is 0 Å². The largest absolute Gasteiger partial charge is 0.469 e. The van der Waals surface area contributed by atoms with Gasteiger partial charge in [0.05, 0.1) is 26.1 Å². The second-order valence-electron chi connectivity index (χ2n) is 4.67. The summed E-state index contributed by atoms with van der Waals surface area (Å²) < 4.78 is 9.67. The number of carbonyl (C=O) groups excluding carboxylic acids is 2. The molecule has 0 N–H and O–H groups in total. The highest BCUT2D eigenvalue weighted by Gasteiger charge is 2.50. The maximum atomic E-state index is 11.8. The molecule has 0 aliphatic heterocycles. The maximum absolute atomic E-state index is 11.8. The van der Waals surface area contributed by atoms with E-state index in [0.29, 0.717) is 0 Å². The van der Waals surface area contributed by atoms with Gasteiger partial charge in [0.25, 0.3) is 0 Å². The molecule has 17 heavy (non-hydrogen) atoms. The molecule has 1 rings (SSSR count). The maximum Gasteiger partial charge on any atom is 0.309 e. The van der Waals surface area contributed by atoms with Gasteiger partial charge in [-0.25, -0.2) is 0 Å². The van der Waals surface area contributed by atoms with Crippen LogP contribution in [0.3, 0.4) is 0 Å². The van der Waals surface area contributed by atoms with E-state index in [2.05, 4.69) is 0 Å². The standard InChI is InChI=1S/C13H22O4/c1-5-8-7-9(6-2)11(13(15)17-4)10(8)12(14)16-3/h8-11H,5-7H2,1-4H3/t8?,9?,10-,11-/m1/s1. The lowest BCUT2D eigenvalue weighted by Gasteiger charge is -2.21. The van der Waals surface area contributed by atoms with Crippen LogP contribution in [-0.2, 0) is 19.1 Å². The molecule has 0 spiro atoms. The number of hydrogen-bond acceptors (Lipinski definition) is 4. The van der Waals surface area contributed by atoms with E-state index < -0.39 is 0 Å². The molecule has 0 saturated heterocycles. The Morgan fingerprint density at radius 1 is 0.941 bits per heavy atom. The van der Waals surface area contributed by atoms with E-state index in [4.69, 9.17) is 9.47 Å². The minimum atomic E-state index is -0.331. The molecule has 98 valence electrons. The van der Waals surface area contributed by atoms with Crippen LogP contribution in [0.2, 0.25) is 0 Å². The molecule has 0 aromatic rings. The predicted octanol–water partition coefficient (Wildman–Crippen LogP) is 2.02. The molecule has 1 aliphatic rings. The van der Waals surface area contributed by atoms with E-state index in [0.717, 1.165) is 19.3 Å². The van der Waals surface area contributed by atoms with Crippen molar-refractivity contribution in [2.75, 3.05) is 14.2 Å². The molecule has 1 saturated carbocycles. The zero-order chi connectivity index (χ0) is 13.0. The van der Waals surface area contributed by atoms with Crippen molar-refractivity contribution in [2.24, 2.45) is 23.7 Å². The van der Waals surface area contributed by atoms with Gasteiger partial charge in [-0.05, 0) is 18.3 Å². The molecular weight excluding hydrogens is 220 g/mol. The van der Waals surface area contributed by atoms with Crippen LogP contribution < -0.4 is 0 Å². The van der Waals surface area contributed by atoms with Gasteiger partial charge < -0.3 is 9.47 Å². The first-order valence-electron chi connectivity index (χ1n) is 6.26. The fraction of sp³-hybridized carbons (Fsp3) is 0.846. The number of ether oxygens (including phenoxy) is 2. The van der Waals surface area contributed by atoms with Gasteiger partial charge in [0.2, 0.25) is 0 Å². The molecule has 1 fully saturated rings. The lowest BCUT2D eigenvalue weighted by molar-refractivity contribution is -0.158. The average molecular weight is 242 g/mol. The summed E-state index contributed by atoms with van der Waals surface area (Å²) in [6.07, 6.45) is 2.69. The van der Waals surface area contributed by atoms with Gasteiger partial charge in [0.15, 0.2) is 0 Å². The molecule has 1 aliphatic carbocycles. The number of methoxy groups -OCH3 is 2. The van der Waals surface area contributed by atoms with Crippen LogP contribution in [0.25, 0.3) is 0 Å². The summed E-state index contributed by atoms with van der Waals surface area (Å²) >= 11 is 0. The Hall–Kier alpha value is -1.06. The van der Waals surface area contributed by atoms with Gasteiger partial charge in [-0.2, -0.15) is 0 Å². The summed E-state index contributed by atoms with van der Waals surface area (Å²) in [4.78, 5) is 23.7. The first kappa shape index (κ1) is 14.0. The van der Waals surface area contributed by atoms with Crippen molar-refractivity contribution < 1.29 is 19.1 Å². The molecule has 4 heteroatoms. The molecule has 0 aromatic carbocycles. The van der Waals surface area contributed by atoms with Crippen LogP contribution in [0.15, 0.2) is 0 Å². The van der Waals surface area contributed by atoms with Gasteiger partial charge in [0.1, 0.15) is 0 Å². The molecule has 2 unspecified atom stereocenters. The topological polar surface area (TPSA) is 52.6 Å². The summed E-state index contributed by atoms with van der Waals surface area (Å²) in [6, 6.07) is 0. The second kappa shape index (κ2) is 6.03. The zero-order valence-electron chi connectivity index (χ0n) is 11.1. The Morgan fingerprint density at radius 3 is 1.53 bits per heavy atom. The molecule has 4 atom stereocenters. The van der Waals surface area contributed by atoms with Crippen molar-refractivity contribution in [3.8, 4) is 0 Å². The number of carbonyl (C=O) groups is 2. The monoisotopic (exact) mass is 242 g/mol. The molecule has 0 heterocycles. The third-order valence-corrected chi connectivity index (χ3v) is 4.00. The highest BCUT2D eigenvalue weighted by molar-refractivity contribution is 5.83. The first-order chi connectivity index (χ1) is 8.10. The third kappa shape index (κ3) is 2.61. The summed E-state index contributed by atoms with van der Waals surface area (Å²) in [5.41, 5.74) is 0. The van der Waals surface area contributed by atoms with E-state index in [1.165, 1.54) is 14.2 Å². The van der Waals surface area contributed by atoms with E-state index in [-0.39, 0.29) is 35.6 Å². The Labute approximate surface area is 103 Å². The van der Waals surface area contributed by atoms with E-state index >= 15 is 0 Å². The lowest BCUT2D eigenvalue weighted by atomic mass is 9.85. The molecule has 0 aromatic heterocycles. The van der Waals surface area contributed by atoms with Crippen molar-refractivity contribution >= 4 is 11.9 Å². The first-order valence-corrected chi connectivity index (χ1v) is 6.26. The number of rotatable bonds is 4. The van der Waals surface area contributed by atoms with E-state index in [1.54, 1.807) is 0 Å². The number of esters is 2. The average Bonchev–Trinajstić information content (AvgIpc) is 2.75. The van der Waals surface area contributed by atoms with Gasteiger partial charge in [-0.1, -0.05) is 26.7 Å². The Morgan fingerprint density at radius 2 is 1.29 bits per heavy atom. The Kier molecular flexibility index (Phi) is 4.97. The van der Waals surface area contributed by atoms with Gasteiger partial charge in [-0.15, -0.1) is 0 Å². The third-order valence-electron chi connectivity index (χ3n) is 4.00. The van der Waals surface area contributed by atoms with Crippen LogP contribution in [0.1, 0.15) is 33.1 Å². The number of hydrogen-bond donors (Lipinski definition) is 0. The van der Waals surface area contributed by atoms with E-state index in [9.17, 15) is 9.59 Å². The van der Waals surface area contributed by atoms with Crippen LogP contribution in [0, 0.1) is 23.7 Å². The molecule has 0 amide bonds. The van der Waals surface area contributed by atoms with Crippen molar-refractivity contribution in [2.45, 2.75) is 33.1 Å². The van der Waals surface area contributed by atoms with E-state index in [1.807, 2.05) is 13.8 Å². The molecule has 0 radical (unpaired) electrons. The summed E-state index contributed by atoms with van der Waals surface area (Å²) in [6.45, 7) is 4.10. The molecule has 0 bridgehead atoms.